The van der Waals surface area contributed by atoms with E-state index < -0.39 is 40.8 Å². The van der Waals surface area contributed by atoms with Crippen molar-refractivity contribution in [2.75, 3.05) is 0 Å². The summed E-state index contributed by atoms with van der Waals surface area (Å²) in [4.78, 5) is 11.7. The molecule has 0 saturated heterocycles. The van der Waals surface area contributed by atoms with Gasteiger partial charge in [0.1, 0.15) is 5.69 Å². The van der Waals surface area contributed by atoms with E-state index in [0.29, 0.717) is 0 Å². The van der Waals surface area contributed by atoms with E-state index in [-0.39, 0.29) is 0 Å². The number of Topliss-reactive ketones (excluding diaryl/α,β-unsaturated/α-hetero) is 1. The highest BCUT2D eigenvalue weighted by Crippen LogP contribution is 2.42. The fourth-order valence-electron chi connectivity index (χ4n) is 1.58. The molecule has 0 unspecified atom stereocenters. The largest absolute Gasteiger partial charge is 0.407 e. The number of aromatic nitrogens is 2. The Morgan fingerprint density at radius 1 is 1.20 bits per heavy atom. The molecule has 0 bridgehead atoms. The number of carbonyl (C=O) groups excluding carboxylic acids is 1. The van der Waals surface area contributed by atoms with Crippen molar-refractivity contribution >= 4 is 17.4 Å². The Hall–Kier alpha value is -1.25. The zero-order valence-electron chi connectivity index (χ0n) is 10.2. The average Bonchev–Trinajstić information content (AvgIpc) is 2.55. The standard InChI is InChI=1S/C10H9ClF6N2O/c1-4(2)19-6(5(11)3-18-19)7(20)8(9(12,13)14)10(15,16)17/h3-4,8H,1-2H3. The lowest BCUT2D eigenvalue weighted by Crippen LogP contribution is -2.43. The first-order valence-electron chi connectivity index (χ1n) is 5.28. The Balaban J connectivity index is 3.38. The van der Waals surface area contributed by atoms with Gasteiger partial charge in [-0.3, -0.25) is 9.48 Å². The summed E-state index contributed by atoms with van der Waals surface area (Å²) in [6.07, 6.45) is -10.7. The van der Waals surface area contributed by atoms with Gasteiger partial charge < -0.3 is 0 Å². The first-order chi connectivity index (χ1) is 8.87. The lowest BCUT2D eigenvalue weighted by Gasteiger charge is -2.22. The lowest BCUT2D eigenvalue weighted by atomic mass is 10.00. The summed E-state index contributed by atoms with van der Waals surface area (Å²) in [6, 6.07) is -0.622. The smallest absolute Gasteiger partial charge is 0.291 e. The minimum absolute atomic E-state index is 0.554. The molecule has 1 heterocycles. The molecular weight excluding hydrogens is 314 g/mol. The second kappa shape index (κ2) is 5.27. The van der Waals surface area contributed by atoms with Gasteiger partial charge in [-0.25, -0.2) is 0 Å². The van der Waals surface area contributed by atoms with E-state index in [1.807, 2.05) is 0 Å². The van der Waals surface area contributed by atoms with Crippen LogP contribution in [0.3, 0.4) is 0 Å². The van der Waals surface area contributed by atoms with Crippen LogP contribution in [0, 0.1) is 5.92 Å². The van der Waals surface area contributed by atoms with Crippen molar-refractivity contribution in [3.63, 3.8) is 0 Å². The van der Waals surface area contributed by atoms with Crippen molar-refractivity contribution < 1.29 is 31.1 Å². The molecular formula is C10H9ClF6N2O. The number of halogens is 7. The third-order valence-electron chi connectivity index (χ3n) is 2.39. The van der Waals surface area contributed by atoms with Gasteiger partial charge in [-0.15, -0.1) is 0 Å². The van der Waals surface area contributed by atoms with Crippen LogP contribution in [0.5, 0.6) is 0 Å². The summed E-state index contributed by atoms with van der Waals surface area (Å²) in [5.74, 6) is -6.29. The zero-order valence-corrected chi connectivity index (χ0v) is 10.9. The lowest BCUT2D eigenvalue weighted by molar-refractivity contribution is -0.265. The van der Waals surface area contributed by atoms with Crippen LogP contribution in [0.15, 0.2) is 6.20 Å². The van der Waals surface area contributed by atoms with E-state index in [1.165, 1.54) is 13.8 Å². The normalized spacial score (nSPS) is 13.3. The van der Waals surface area contributed by atoms with E-state index >= 15 is 0 Å². The van der Waals surface area contributed by atoms with Gasteiger partial charge in [-0.2, -0.15) is 31.4 Å². The SMILES string of the molecule is CC(C)n1ncc(Cl)c1C(=O)C(C(F)(F)F)C(F)(F)F. The molecule has 1 aromatic rings. The maximum Gasteiger partial charge on any atom is 0.407 e. The molecule has 1 aromatic heterocycles. The number of rotatable bonds is 3. The van der Waals surface area contributed by atoms with Crippen LogP contribution >= 0.6 is 11.6 Å². The van der Waals surface area contributed by atoms with Crippen molar-refractivity contribution in [2.45, 2.75) is 32.2 Å². The second-order valence-electron chi connectivity index (χ2n) is 4.26. The van der Waals surface area contributed by atoms with Crippen molar-refractivity contribution in [3.05, 3.63) is 16.9 Å². The minimum atomic E-state index is -5.76. The third kappa shape index (κ3) is 3.25. The number of ketones is 1. The first-order valence-corrected chi connectivity index (χ1v) is 5.65. The molecule has 3 nitrogen and oxygen atoms in total. The average molecular weight is 323 g/mol. The molecule has 0 aliphatic heterocycles. The second-order valence-corrected chi connectivity index (χ2v) is 4.67. The molecule has 0 amide bonds. The number of hydrogen-bond acceptors (Lipinski definition) is 2. The van der Waals surface area contributed by atoms with Gasteiger partial charge in [-0.05, 0) is 13.8 Å². The van der Waals surface area contributed by atoms with Crippen LogP contribution in [0.25, 0.3) is 0 Å². The van der Waals surface area contributed by atoms with Gasteiger partial charge in [0.2, 0.25) is 11.7 Å². The number of nitrogens with zero attached hydrogens (tertiary/aromatic N) is 2. The molecule has 0 radical (unpaired) electrons. The van der Waals surface area contributed by atoms with Crippen LogP contribution in [0.2, 0.25) is 5.02 Å². The van der Waals surface area contributed by atoms with Gasteiger partial charge in [-0.1, -0.05) is 11.6 Å². The van der Waals surface area contributed by atoms with E-state index in [2.05, 4.69) is 5.10 Å². The molecule has 0 saturated carbocycles. The van der Waals surface area contributed by atoms with E-state index in [4.69, 9.17) is 11.6 Å². The summed E-state index contributed by atoms with van der Waals surface area (Å²) in [5, 5.41) is 2.96. The highest BCUT2D eigenvalue weighted by Gasteiger charge is 2.61. The predicted molar refractivity (Wildman–Crippen MR) is 57.6 cm³/mol. The van der Waals surface area contributed by atoms with Crippen LogP contribution in [0.1, 0.15) is 30.4 Å². The molecule has 20 heavy (non-hydrogen) atoms. The molecule has 114 valence electrons. The molecule has 10 heteroatoms. The maximum atomic E-state index is 12.5. The van der Waals surface area contributed by atoms with Crippen molar-refractivity contribution in [1.82, 2.24) is 9.78 Å². The molecule has 0 aliphatic carbocycles. The van der Waals surface area contributed by atoms with Crippen molar-refractivity contribution in [3.8, 4) is 0 Å². The number of carbonyl (C=O) groups is 1. The molecule has 0 fully saturated rings. The molecule has 0 aromatic carbocycles. The van der Waals surface area contributed by atoms with Gasteiger partial charge in [0.15, 0.2) is 0 Å². The van der Waals surface area contributed by atoms with E-state index in [1.54, 1.807) is 0 Å². The molecule has 0 aliphatic rings. The molecule has 0 atom stereocenters. The summed E-state index contributed by atoms with van der Waals surface area (Å²) in [7, 11) is 0. The highest BCUT2D eigenvalue weighted by atomic mass is 35.5. The maximum absolute atomic E-state index is 12.5. The molecule has 0 spiro atoms. The highest BCUT2D eigenvalue weighted by molar-refractivity contribution is 6.33. The van der Waals surface area contributed by atoms with Crippen LogP contribution in [-0.4, -0.2) is 27.9 Å². The van der Waals surface area contributed by atoms with Gasteiger partial charge in [0, 0.05) is 6.04 Å². The Labute approximate surface area is 114 Å². The summed E-state index contributed by atoms with van der Waals surface area (Å²) < 4.78 is 75.8. The Kier molecular flexibility index (Phi) is 4.42. The van der Waals surface area contributed by atoms with Crippen molar-refractivity contribution in [2.24, 2.45) is 5.92 Å². The monoisotopic (exact) mass is 322 g/mol. The quantitative estimate of drug-likeness (QED) is 0.622. The Bertz CT molecular complexity index is 491. The van der Waals surface area contributed by atoms with Gasteiger partial charge >= 0.3 is 12.4 Å². The summed E-state index contributed by atoms with van der Waals surface area (Å²) >= 11 is 5.49. The fourth-order valence-corrected chi connectivity index (χ4v) is 1.81. The molecule has 0 N–H and O–H groups in total. The topological polar surface area (TPSA) is 34.9 Å². The summed E-state index contributed by atoms with van der Waals surface area (Å²) in [6.45, 7) is 2.88. The fraction of sp³-hybridized carbons (Fsp3) is 0.600. The Morgan fingerprint density at radius 2 is 1.65 bits per heavy atom. The van der Waals surface area contributed by atoms with Gasteiger partial charge in [0.05, 0.1) is 11.2 Å². The minimum Gasteiger partial charge on any atom is -0.291 e. The van der Waals surface area contributed by atoms with E-state index in [9.17, 15) is 31.1 Å². The van der Waals surface area contributed by atoms with Crippen molar-refractivity contribution in [1.29, 1.82) is 0 Å². The van der Waals surface area contributed by atoms with Gasteiger partial charge in [0.25, 0.3) is 0 Å². The van der Waals surface area contributed by atoms with Crippen LogP contribution in [0.4, 0.5) is 26.3 Å². The van der Waals surface area contributed by atoms with Crippen LogP contribution in [-0.2, 0) is 0 Å². The Morgan fingerprint density at radius 3 is 2.00 bits per heavy atom. The van der Waals surface area contributed by atoms with E-state index in [0.717, 1.165) is 10.9 Å². The first kappa shape index (κ1) is 16.8. The number of hydrogen-bond donors (Lipinski definition) is 0. The zero-order chi connectivity index (χ0) is 15.9. The number of alkyl halides is 6. The predicted octanol–water partition coefficient (Wildman–Crippen LogP) is 4.04. The molecule has 1 rings (SSSR count). The third-order valence-corrected chi connectivity index (χ3v) is 2.67. The summed E-state index contributed by atoms with van der Waals surface area (Å²) in [5.41, 5.74) is -0.902. The van der Waals surface area contributed by atoms with Crippen LogP contribution < -0.4 is 0 Å².